The molecule has 2 bridgehead atoms. The van der Waals surface area contributed by atoms with Gasteiger partial charge in [-0.05, 0) is 74.1 Å². The van der Waals surface area contributed by atoms with Crippen LogP contribution in [0.3, 0.4) is 0 Å². The number of fused-ring (bicyclic) bond motifs is 2. The first kappa shape index (κ1) is 13.4. The summed E-state index contributed by atoms with van der Waals surface area (Å²) in [6.45, 7) is 0.859. The summed E-state index contributed by atoms with van der Waals surface area (Å²) in [6.07, 6.45) is 9.23. The van der Waals surface area contributed by atoms with Crippen molar-refractivity contribution in [1.29, 1.82) is 0 Å². The van der Waals surface area contributed by atoms with Gasteiger partial charge in [-0.2, -0.15) is 0 Å². The zero-order chi connectivity index (χ0) is 14.9. The average Bonchev–Trinajstić information content (AvgIpc) is 3.14. The minimum atomic E-state index is -0.0893. The number of rotatable bonds is 1. The van der Waals surface area contributed by atoms with Crippen LogP contribution in [0.4, 0.5) is 5.69 Å². The summed E-state index contributed by atoms with van der Waals surface area (Å²) in [7, 11) is 0. The third-order valence-electron chi connectivity index (χ3n) is 6.50. The van der Waals surface area contributed by atoms with E-state index in [-0.39, 0.29) is 5.41 Å². The Morgan fingerprint density at radius 2 is 2.18 bits per heavy atom. The van der Waals surface area contributed by atoms with Gasteiger partial charge in [-0.15, -0.1) is 0 Å². The summed E-state index contributed by atoms with van der Waals surface area (Å²) in [5.74, 6) is 1.91. The summed E-state index contributed by atoms with van der Waals surface area (Å²) in [5, 5.41) is 0. The predicted molar refractivity (Wildman–Crippen MR) is 90.8 cm³/mol. The molecule has 0 aromatic heterocycles. The molecule has 1 amide bonds. The van der Waals surface area contributed by atoms with Crippen molar-refractivity contribution in [2.45, 2.75) is 38.5 Å². The number of benzene rings is 1. The van der Waals surface area contributed by atoms with Crippen LogP contribution in [0.1, 0.15) is 37.7 Å². The molecule has 114 valence electrons. The average molecular weight is 358 g/mol. The van der Waals surface area contributed by atoms with Crippen LogP contribution in [-0.4, -0.2) is 12.5 Å². The number of hydrogen-bond acceptors (Lipinski definition) is 1. The first-order chi connectivity index (χ1) is 10.7. The molecule has 0 saturated heterocycles. The minimum Gasteiger partial charge on any atom is -0.311 e. The van der Waals surface area contributed by atoms with E-state index >= 15 is 0 Å². The molecule has 3 aliphatic carbocycles. The van der Waals surface area contributed by atoms with Gasteiger partial charge in [0.1, 0.15) is 0 Å². The molecule has 3 heteroatoms. The standard InChI is InChI=1S/C19H20BrNO/c20-15-3-4-17-13(9-15)6-8-21(17)18(22)19-7-5-12-1-2-14(10-19)16(12)11-19/h3-5,9,14,16H,1-2,6-8,10-11H2. The van der Waals surface area contributed by atoms with Crippen LogP contribution in [0.5, 0.6) is 0 Å². The van der Waals surface area contributed by atoms with E-state index in [0.717, 1.165) is 54.2 Å². The Labute approximate surface area is 139 Å². The van der Waals surface area contributed by atoms with Crippen LogP contribution in [0.15, 0.2) is 34.3 Å². The van der Waals surface area contributed by atoms with Gasteiger partial charge in [0.15, 0.2) is 0 Å². The number of amides is 1. The molecule has 0 spiro atoms. The summed E-state index contributed by atoms with van der Waals surface area (Å²) < 4.78 is 1.11. The van der Waals surface area contributed by atoms with Crippen LogP contribution in [-0.2, 0) is 11.2 Å². The lowest BCUT2D eigenvalue weighted by Crippen LogP contribution is -2.43. The van der Waals surface area contributed by atoms with Gasteiger partial charge >= 0.3 is 0 Å². The maximum Gasteiger partial charge on any atom is 0.233 e. The first-order valence-electron chi connectivity index (χ1n) is 8.46. The highest BCUT2D eigenvalue weighted by molar-refractivity contribution is 9.10. The van der Waals surface area contributed by atoms with E-state index in [2.05, 4.69) is 45.1 Å². The van der Waals surface area contributed by atoms with E-state index in [1.54, 1.807) is 5.57 Å². The summed E-state index contributed by atoms with van der Waals surface area (Å²) >= 11 is 3.54. The molecule has 0 radical (unpaired) electrons. The molecule has 3 unspecified atom stereocenters. The largest absolute Gasteiger partial charge is 0.311 e. The first-order valence-corrected chi connectivity index (χ1v) is 9.25. The van der Waals surface area contributed by atoms with Gasteiger partial charge in [-0.3, -0.25) is 4.79 Å². The van der Waals surface area contributed by atoms with Crippen LogP contribution in [0.2, 0.25) is 0 Å². The molecule has 2 saturated carbocycles. The van der Waals surface area contributed by atoms with Crippen LogP contribution < -0.4 is 4.90 Å². The highest BCUT2D eigenvalue weighted by Gasteiger charge is 2.56. The normalized spacial score (nSPS) is 34.8. The second-order valence-electron chi connectivity index (χ2n) is 7.56. The maximum absolute atomic E-state index is 13.4. The van der Waals surface area contributed by atoms with Crippen molar-refractivity contribution in [2.75, 3.05) is 11.4 Å². The Kier molecular flexibility index (Phi) is 2.71. The van der Waals surface area contributed by atoms with Gasteiger partial charge in [0.2, 0.25) is 5.91 Å². The zero-order valence-electron chi connectivity index (χ0n) is 12.6. The fraction of sp³-hybridized carbons (Fsp3) is 0.526. The molecule has 4 aliphatic rings. The molecule has 1 aromatic rings. The van der Waals surface area contributed by atoms with Gasteiger partial charge in [0.25, 0.3) is 0 Å². The molecule has 0 N–H and O–H groups in total. The number of carbonyl (C=O) groups excluding carboxylic acids is 1. The predicted octanol–water partition coefficient (Wildman–Crippen LogP) is 4.47. The Balaban J connectivity index is 1.50. The lowest BCUT2D eigenvalue weighted by atomic mass is 9.75. The summed E-state index contributed by atoms with van der Waals surface area (Å²) in [4.78, 5) is 15.5. The Hall–Kier alpha value is -1.09. The molecule has 1 aliphatic heterocycles. The van der Waals surface area contributed by atoms with Crippen LogP contribution in [0.25, 0.3) is 0 Å². The van der Waals surface area contributed by atoms with Crippen molar-refractivity contribution in [3.8, 4) is 0 Å². The third-order valence-corrected chi connectivity index (χ3v) is 7.00. The fourth-order valence-corrected chi connectivity index (χ4v) is 5.87. The number of hydrogen-bond donors (Lipinski definition) is 0. The Morgan fingerprint density at radius 3 is 3.09 bits per heavy atom. The monoisotopic (exact) mass is 357 g/mol. The second-order valence-corrected chi connectivity index (χ2v) is 8.47. The maximum atomic E-state index is 13.4. The zero-order valence-corrected chi connectivity index (χ0v) is 14.2. The molecule has 3 atom stereocenters. The van der Waals surface area contributed by atoms with Gasteiger partial charge in [-0.25, -0.2) is 0 Å². The second kappa shape index (κ2) is 4.47. The molecule has 2 fully saturated rings. The van der Waals surface area contributed by atoms with Crippen LogP contribution in [0, 0.1) is 17.3 Å². The van der Waals surface area contributed by atoms with Crippen molar-refractivity contribution in [1.82, 2.24) is 0 Å². The van der Waals surface area contributed by atoms with Crippen LogP contribution >= 0.6 is 15.9 Å². The van der Waals surface area contributed by atoms with E-state index in [1.165, 1.54) is 18.4 Å². The summed E-state index contributed by atoms with van der Waals surface area (Å²) in [6, 6.07) is 6.34. The highest BCUT2D eigenvalue weighted by Crippen LogP contribution is 2.61. The molecule has 22 heavy (non-hydrogen) atoms. The van der Waals surface area contributed by atoms with Gasteiger partial charge < -0.3 is 4.90 Å². The van der Waals surface area contributed by atoms with Crippen molar-refractivity contribution >= 4 is 27.5 Å². The molecular weight excluding hydrogens is 338 g/mol. The summed E-state index contributed by atoms with van der Waals surface area (Å²) in [5.41, 5.74) is 4.03. The highest BCUT2D eigenvalue weighted by atomic mass is 79.9. The third kappa shape index (κ3) is 1.69. The smallest absolute Gasteiger partial charge is 0.233 e. The SMILES string of the molecule is O=C(N1CCc2cc(Br)ccc21)C12CC=C3CCC(C1)C3C2. The number of halogens is 1. The fourth-order valence-electron chi connectivity index (χ4n) is 5.47. The minimum absolute atomic E-state index is 0.0893. The molecular formula is C19H20BrNO. The lowest BCUT2D eigenvalue weighted by molar-refractivity contribution is -0.128. The van der Waals surface area contributed by atoms with Crippen molar-refractivity contribution in [3.05, 3.63) is 39.9 Å². The van der Waals surface area contributed by atoms with Gasteiger partial charge in [0.05, 0.1) is 5.41 Å². The Bertz CT molecular complexity index is 709. The number of carbonyl (C=O) groups is 1. The van der Waals surface area contributed by atoms with E-state index < -0.39 is 0 Å². The molecule has 1 aromatic carbocycles. The lowest BCUT2D eigenvalue weighted by Gasteiger charge is -2.35. The number of anilines is 1. The molecule has 1 heterocycles. The van der Waals surface area contributed by atoms with Gasteiger partial charge in [-0.1, -0.05) is 27.6 Å². The molecule has 2 nitrogen and oxygen atoms in total. The van der Waals surface area contributed by atoms with E-state index in [0.29, 0.717) is 5.91 Å². The molecule has 5 rings (SSSR count). The number of allylic oxidation sites excluding steroid dienone is 2. The van der Waals surface area contributed by atoms with E-state index in [4.69, 9.17) is 0 Å². The van der Waals surface area contributed by atoms with E-state index in [1.807, 2.05) is 0 Å². The van der Waals surface area contributed by atoms with E-state index in [9.17, 15) is 4.79 Å². The number of nitrogens with zero attached hydrogens (tertiary/aromatic N) is 1. The van der Waals surface area contributed by atoms with Crippen molar-refractivity contribution in [2.24, 2.45) is 17.3 Å². The van der Waals surface area contributed by atoms with Crippen molar-refractivity contribution in [3.63, 3.8) is 0 Å². The Morgan fingerprint density at radius 1 is 1.27 bits per heavy atom. The quantitative estimate of drug-likeness (QED) is 0.678. The van der Waals surface area contributed by atoms with Crippen molar-refractivity contribution < 1.29 is 4.79 Å². The topological polar surface area (TPSA) is 20.3 Å². The van der Waals surface area contributed by atoms with Gasteiger partial charge in [0, 0.05) is 16.7 Å².